The van der Waals surface area contributed by atoms with Crippen LogP contribution in [0.5, 0.6) is 0 Å². The molecule has 2 amide bonds. The molecule has 0 aromatic heterocycles. The van der Waals surface area contributed by atoms with Crippen LogP contribution in [0, 0.1) is 12.7 Å². The monoisotopic (exact) mass is 607 g/mol. The summed E-state index contributed by atoms with van der Waals surface area (Å²) in [4.78, 5) is 28.7. The second-order valence-electron chi connectivity index (χ2n) is 9.69. The SMILES string of the molecule is CNC(=O)[C@H](Cc1ccccc1)N(Cc1ccccc1F)C(=O)CN(c1cc(Cl)ccc1C)S(=O)(=O)c1ccccc1. The zero-order valence-electron chi connectivity index (χ0n) is 23.2. The molecule has 0 aliphatic rings. The standard InChI is InChI=1S/C32H31ClFN3O4S/c1-23-17-18-26(33)20-29(23)37(42(40,41)27-14-7-4-8-15-27)22-31(38)36(21-25-13-9-10-16-28(25)34)30(32(39)35-2)19-24-11-5-3-6-12-24/h3-18,20,30H,19,21-22H2,1-2H3,(H,35,39)/t30-/m0/s1. The largest absolute Gasteiger partial charge is 0.357 e. The van der Waals surface area contributed by atoms with Gasteiger partial charge in [0.2, 0.25) is 11.8 Å². The molecule has 7 nitrogen and oxygen atoms in total. The fraction of sp³-hybridized carbons (Fsp3) is 0.188. The number of nitrogens with one attached hydrogen (secondary N) is 1. The van der Waals surface area contributed by atoms with Crippen molar-refractivity contribution in [3.05, 3.63) is 131 Å². The summed E-state index contributed by atoms with van der Waals surface area (Å²) in [6, 6.07) is 26.5. The molecule has 4 aromatic carbocycles. The van der Waals surface area contributed by atoms with Gasteiger partial charge in [-0.15, -0.1) is 0 Å². The second kappa shape index (κ2) is 13.6. The number of amides is 2. The molecule has 0 bridgehead atoms. The van der Waals surface area contributed by atoms with Crippen LogP contribution in [-0.2, 0) is 32.6 Å². The molecule has 0 fully saturated rings. The third-order valence-electron chi connectivity index (χ3n) is 6.87. The minimum atomic E-state index is -4.26. The molecule has 0 saturated heterocycles. The van der Waals surface area contributed by atoms with E-state index in [0.29, 0.717) is 5.56 Å². The lowest BCUT2D eigenvalue weighted by Crippen LogP contribution is -2.53. The number of nitrogens with zero attached hydrogens (tertiary/aromatic N) is 2. The second-order valence-corrected chi connectivity index (χ2v) is 12.0. The van der Waals surface area contributed by atoms with E-state index in [1.807, 2.05) is 30.3 Å². The number of carbonyl (C=O) groups is 2. The van der Waals surface area contributed by atoms with Gasteiger partial charge in [-0.1, -0.05) is 84.4 Å². The maximum absolute atomic E-state index is 14.9. The summed E-state index contributed by atoms with van der Waals surface area (Å²) in [6.07, 6.45) is 0.127. The van der Waals surface area contributed by atoms with Crippen LogP contribution in [0.1, 0.15) is 16.7 Å². The predicted octanol–water partition coefficient (Wildman–Crippen LogP) is 5.37. The minimum absolute atomic E-state index is 0.0232. The van der Waals surface area contributed by atoms with Crippen LogP contribution in [0.15, 0.2) is 108 Å². The van der Waals surface area contributed by atoms with Gasteiger partial charge in [0.25, 0.3) is 10.0 Å². The van der Waals surface area contributed by atoms with Crippen molar-refractivity contribution in [2.24, 2.45) is 0 Å². The summed E-state index contributed by atoms with van der Waals surface area (Å²) < 4.78 is 43.8. The maximum atomic E-state index is 14.9. The van der Waals surface area contributed by atoms with E-state index in [0.717, 1.165) is 9.87 Å². The van der Waals surface area contributed by atoms with E-state index in [2.05, 4.69) is 5.32 Å². The van der Waals surface area contributed by atoms with Gasteiger partial charge < -0.3 is 10.2 Å². The van der Waals surface area contributed by atoms with Crippen LogP contribution < -0.4 is 9.62 Å². The predicted molar refractivity (Wildman–Crippen MR) is 162 cm³/mol. The quantitative estimate of drug-likeness (QED) is 0.248. The Morgan fingerprint density at radius 2 is 1.52 bits per heavy atom. The summed E-state index contributed by atoms with van der Waals surface area (Å²) >= 11 is 6.27. The van der Waals surface area contributed by atoms with Gasteiger partial charge in [0.15, 0.2) is 0 Å². The van der Waals surface area contributed by atoms with Crippen LogP contribution in [0.4, 0.5) is 10.1 Å². The molecule has 1 atom stereocenters. The van der Waals surface area contributed by atoms with Gasteiger partial charge in [0, 0.05) is 30.6 Å². The molecule has 0 aliphatic heterocycles. The summed E-state index contributed by atoms with van der Waals surface area (Å²) in [6.45, 7) is 0.794. The van der Waals surface area contributed by atoms with Crippen molar-refractivity contribution in [2.45, 2.75) is 30.8 Å². The van der Waals surface area contributed by atoms with Gasteiger partial charge in [-0.05, 0) is 48.4 Å². The summed E-state index contributed by atoms with van der Waals surface area (Å²) in [5, 5.41) is 2.89. The average molecular weight is 608 g/mol. The number of benzene rings is 4. The van der Waals surface area contributed by atoms with E-state index >= 15 is 0 Å². The molecule has 0 unspecified atom stereocenters. The molecule has 218 valence electrons. The van der Waals surface area contributed by atoms with E-state index in [9.17, 15) is 22.4 Å². The number of likely N-dealkylation sites (N-methyl/N-ethyl adjacent to an activating group) is 1. The number of halogens is 2. The van der Waals surface area contributed by atoms with Gasteiger partial charge in [0.1, 0.15) is 18.4 Å². The number of sulfonamides is 1. The molecule has 0 saturated carbocycles. The normalized spacial score (nSPS) is 11.9. The number of rotatable bonds is 11. The first kappa shape index (κ1) is 30.7. The van der Waals surface area contributed by atoms with Crippen molar-refractivity contribution in [3.63, 3.8) is 0 Å². The number of anilines is 1. The van der Waals surface area contributed by atoms with Gasteiger partial charge in [-0.2, -0.15) is 0 Å². The van der Waals surface area contributed by atoms with Crippen LogP contribution in [0.2, 0.25) is 5.02 Å². The number of hydrogen-bond donors (Lipinski definition) is 1. The highest BCUT2D eigenvalue weighted by Gasteiger charge is 2.35. The smallest absolute Gasteiger partial charge is 0.264 e. The first-order valence-electron chi connectivity index (χ1n) is 13.2. The zero-order chi connectivity index (χ0) is 30.3. The third kappa shape index (κ3) is 7.16. The van der Waals surface area contributed by atoms with Crippen LogP contribution >= 0.6 is 11.6 Å². The molecule has 10 heteroatoms. The Labute approximate surface area is 250 Å². The van der Waals surface area contributed by atoms with Crippen molar-refractivity contribution >= 4 is 39.1 Å². The summed E-state index contributed by atoms with van der Waals surface area (Å²) in [5.74, 6) is -1.72. The highest BCUT2D eigenvalue weighted by atomic mass is 35.5. The molecule has 42 heavy (non-hydrogen) atoms. The minimum Gasteiger partial charge on any atom is -0.357 e. The first-order valence-corrected chi connectivity index (χ1v) is 15.1. The lowest BCUT2D eigenvalue weighted by atomic mass is 10.0. The van der Waals surface area contributed by atoms with Gasteiger partial charge >= 0.3 is 0 Å². The first-order chi connectivity index (χ1) is 20.1. The Morgan fingerprint density at radius 3 is 2.17 bits per heavy atom. The van der Waals surface area contributed by atoms with Crippen LogP contribution in [0.3, 0.4) is 0 Å². The van der Waals surface area contributed by atoms with E-state index in [-0.39, 0.29) is 34.1 Å². The maximum Gasteiger partial charge on any atom is 0.264 e. The molecule has 0 radical (unpaired) electrons. The van der Waals surface area contributed by atoms with Crippen molar-refractivity contribution in [1.29, 1.82) is 0 Å². The average Bonchev–Trinajstić information content (AvgIpc) is 3.00. The molecular formula is C32H31ClFN3O4S. The van der Waals surface area contributed by atoms with Crippen molar-refractivity contribution < 1.29 is 22.4 Å². The highest BCUT2D eigenvalue weighted by Crippen LogP contribution is 2.30. The molecule has 4 aromatic rings. The van der Waals surface area contributed by atoms with Crippen molar-refractivity contribution in [2.75, 3.05) is 17.9 Å². The van der Waals surface area contributed by atoms with Gasteiger partial charge in [0.05, 0.1) is 10.6 Å². The van der Waals surface area contributed by atoms with Crippen molar-refractivity contribution in [1.82, 2.24) is 10.2 Å². The van der Waals surface area contributed by atoms with Gasteiger partial charge in [-0.3, -0.25) is 13.9 Å². The molecule has 1 N–H and O–H groups in total. The lowest BCUT2D eigenvalue weighted by Gasteiger charge is -2.34. The molecule has 0 heterocycles. The lowest BCUT2D eigenvalue weighted by molar-refractivity contribution is -0.139. The Balaban J connectivity index is 1.82. The van der Waals surface area contributed by atoms with Crippen LogP contribution in [-0.4, -0.2) is 44.8 Å². The third-order valence-corrected chi connectivity index (χ3v) is 8.88. The van der Waals surface area contributed by atoms with Crippen molar-refractivity contribution in [3.8, 4) is 0 Å². The molecule has 0 aliphatic carbocycles. The Kier molecular flexibility index (Phi) is 9.98. The highest BCUT2D eigenvalue weighted by molar-refractivity contribution is 7.92. The Morgan fingerprint density at radius 1 is 0.905 bits per heavy atom. The van der Waals surface area contributed by atoms with Gasteiger partial charge in [-0.25, -0.2) is 12.8 Å². The number of hydrogen-bond acceptors (Lipinski definition) is 4. The molecule has 0 spiro atoms. The molecule has 4 rings (SSSR count). The fourth-order valence-corrected chi connectivity index (χ4v) is 6.27. The zero-order valence-corrected chi connectivity index (χ0v) is 24.8. The topological polar surface area (TPSA) is 86.8 Å². The number of carbonyl (C=O) groups excluding carboxylic acids is 2. The Bertz CT molecular complexity index is 1650. The number of aryl methyl sites for hydroxylation is 1. The Hall–Kier alpha value is -4.21. The molecular weight excluding hydrogens is 577 g/mol. The summed E-state index contributed by atoms with van der Waals surface area (Å²) in [7, 11) is -2.81. The van der Waals surface area contributed by atoms with E-state index in [1.54, 1.807) is 43.3 Å². The fourth-order valence-electron chi connectivity index (χ4n) is 4.61. The van der Waals surface area contributed by atoms with E-state index in [4.69, 9.17) is 11.6 Å². The summed E-state index contributed by atoms with van der Waals surface area (Å²) in [5.41, 5.74) is 1.74. The van der Waals surface area contributed by atoms with Crippen LogP contribution in [0.25, 0.3) is 0 Å². The van der Waals surface area contributed by atoms with E-state index < -0.39 is 40.2 Å². The van der Waals surface area contributed by atoms with E-state index in [1.165, 1.54) is 48.3 Å².